The summed E-state index contributed by atoms with van der Waals surface area (Å²) in [4.78, 5) is 0. The van der Waals surface area contributed by atoms with Crippen LogP contribution >= 0.6 is 23.2 Å². The van der Waals surface area contributed by atoms with Crippen LogP contribution in [0.1, 0.15) is 31.2 Å². The van der Waals surface area contributed by atoms with E-state index in [0.717, 1.165) is 6.42 Å². The highest BCUT2D eigenvalue weighted by atomic mass is 35.5. The van der Waals surface area contributed by atoms with Gasteiger partial charge in [0.15, 0.2) is 0 Å². The van der Waals surface area contributed by atoms with Crippen LogP contribution in [0.3, 0.4) is 0 Å². The third-order valence-corrected chi connectivity index (χ3v) is 4.28. The van der Waals surface area contributed by atoms with Crippen LogP contribution in [0.4, 0.5) is 0 Å². The maximum absolute atomic E-state index is 6.25. The first-order valence-electron chi connectivity index (χ1n) is 5.34. The molecule has 2 N–H and O–H groups in total. The van der Waals surface area contributed by atoms with Crippen molar-refractivity contribution in [3.05, 3.63) is 33.8 Å². The van der Waals surface area contributed by atoms with Crippen LogP contribution in [0.25, 0.3) is 0 Å². The molecule has 0 unspecified atom stereocenters. The number of hydrogen-bond acceptors (Lipinski definition) is 1. The Morgan fingerprint density at radius 3 is 2.53 bits per heavy atom. The summed E-state index contributed by atoms with van der Waals surface area (Å²) in [5, 5.41) is 1.37. The Hall–Kier alpha value is -0.240. The maximum atomic E-state index is 6.25. The molecular formula is C12H15Cl2N. The lowest BCUT2D eigenvalue weighted by Crippen LogP contribution is -2.36. The van der Waals surface area contributed by atoms with Gasteiger partial charge >= 0.3 is 0 Å². The molecule has 2 rings (SSSR count). The first-order chi connectivity index (χ1) is 7.19. The molecular weight excluding hydrogens is 229 g/mol. The van der Waals surface area contributed by atoms with Crippen LogP contribution in [0.2, 0.25) is 10.0 Å². The van der Waals surface area contributed by atoms with E-state index >= 15 is 0 Å². The topological polar surface area (TPSA) is 26.0 Å². The van der Waals surface area contributed by atoms with Gasteiger partial charge in [-0.2, -0.15) is 0 Å². The Labute approximate surface area is 101 Å². The van der Waals surface area contributed by atoms with Crippen molar-refractivity contribution < 1.29 is 0 Å². The fraction of sp³-hybridized carbons (Fsp3) is 0.500. The molecule has 15 heavy (non-hydrogen) atoms. The third kappa shape index (κ3) is 1.89. The summed E-state index contributed by atoms with van der Waals surface area (Å²) in [6, 6.07) is 5.89. The molecule has 0 aromatic heterocycles. The fourth-order valence-corrected chi connectivity index (χ4v) is 2.95. The number of nitrogens with two attached hydrogens (primary N) is 1. The second-order valence-electron chi connectivity index (χ2n) is 4.27. The molecule has 1 aromatic rings. The zero-order chi connectivity index (χ0) is 10.9. The first kappa shape index (κ1) is 11.3. The second-order valence-corrected chi connectivity index (χ2v) is 5.06. The van der Waals surface area contributed by atoms with Crippen LogP contribution in [0.15, 0.2) is 18.2 Å². The highest BCUT2D eigenvalue weighted by Crippen LogP contribution is 2.49. The van der Waals surface area contributed by atoms with Gasteiger partial charge in [-0.15, -0.1) is 0 Å². The van der Waals surface area contributed by atoms with E-state index < -0.39 is 0 Å². The monoisotopic (exact) mass is 243 g/mol. The van der Waals surface area contributed by atoms with E-state index in [-0.39, 0.29) is 5.41 Å². The van der Waals surface area contributed by atoms with Gasteiger partial charge in [-0.3, -0.25) is 0 Å². The molecule has 0 saturated heterocycles. The van der Waals surface area contributed by atoms with Crippen molar-refractivity contribution >= 4 is 23.2 Å². The number of rotatable bonds is 3. The van der Waals surface area contributed by atoms with Crippen LogP contribution in [0, 0.1) is 0 Å². The van der Waals surface area contributed by atoms with Crippen molar-refractivity contribution in [3.8, 4) is 0 Å². The molecule has 0 bridgehead atoms. The van der Waals surface area contributed by atoms with E-state index in [1.165, 1.54) is 24.8 Å². The van der Waals surface area contributed by atoms with Crippen molar-refractivity contribution in [2.45, 2.75) is 31.1 Å². The molecule has 0 amide bonds. The lowest BCUT2D eigenvalue weighted by molar-refractivity contribution is 0.229. The minimum atomic E-state index is 0.205. The quantitative estimate of drug-likeness (QED) is 0.860. The lowest BCUT2D eigenvalue weighted by atomic mass is 9.62. The van der Waals surface area contributed by atoms with E-state index in [4.69, 9.17) is 28.9 Å². The molecule has 1 aliphatic carbocycles. The van der Waals surface area contributed by atoms with E-state index in [2.05, 4.69) is 6.07 Å². The zero-order valence-electron chi connectivity index (χ0n) is 8.60. The van der Waals surface area contributed by atoms with Crippen molar-refractivity contribution in [2.75, 3.05) is 6.54 Å². The van der Waals surface area contributed by atoms with Gasteiger partial charge in [0.05, 0.1) is 10.0 Å². The minimum Gasteiger partial charge on any atom is -0.330 e. The minimum absolute atomic E-state index is 0.205. The molecule has 1 aliphatic rings. The molecule has 0 atom stereocenters. The summed E-state index contributed by atoms with van der Waals surface area (Å²) in [5.41, 5.74) is 7.07. The maximum Gasteiger partial charge on any atom is 0.0629 e. The van der Waals surface area contributed by atoms with Gasteiger partial charge in [-0.05, 0) is 42.9 Å². The van der Waals surface area contributed by atoms with Crippen LogP contribution in [0.5, 0.6) is 0 Å². The normalized spacial score (nSPS) is 18.6. The highest BCUT2D eigenvalue weighted by molar-refractivity contribution is 6.42. The van der Waals surface area contributed by atoms with Gasteiger partial charge in [-0.1, -0.05) is 41.8 Å². The van der Waals surface area contributed by atoms with Crippen molar-refractivity contribution in [3.63, 3.8) is 0 Å². The smallest absolute Gasteiger partial charge is 0.0629 e. The van der Waals surface area contributed by atoms with E-state index in [0.29, 0.717) is 16.6 Å². The summed E-state index contributed by atoms with van der Waals surface area (Å²) < 4.78 is 0. The molecule has 1 fully saturated rings. The van der Waals surface area contributed by atoms with E-state index in [1.807, 2.05) is 12.1 Å². The standard InChI is InChI=1S/C12H15Cl2N/c13-10-4-1-3-9(11(10)14)12(7-8-15)5-2-6-12/h1,3-4H,2,5-8,15H2. The zero-order valence-corrected chi connectivity index (χ0v) is 10.1. The summed E-state index contributed by atoms with van der Waals surface area (Å²) in [6.07, 6.45) is 4.64. The fourth-order valence-electron chi connectivity index (χ4n) is 2.45. The van der Waals surface area contributed by atoms with Crippen molar-refractivity contribution in [1.82, 2.24) is 0 Å². The second kappa shape index (κ2) is 4.32. The Morgan fingerprint density at radius 1 is 1.27 bits per heavy atom. The first-order valence-corrected chi connectivity index (χ1v) is 6.10. The molecule has 1 nitrogen and oxygen atoms in total. The van der Waals surface area contributed by atoms with Gasteiger partial charge in [-0.25, -0.2) is 0 Å². The predicted molar refractivity (Wildman–Crippen MR) is 65.7 cm³/mol. The Morgan fingerprint density at radius 2 is 2.00 bits per heavy atom. The van der Waals surface area contributed by atoms with Gasteiger partial charge in [0, 0.05) is 0 Å². The van der Waals surface area contributed by atoms with Crippen molar-refractivity contribution in [1.29, 1.82) is 0 Å². The molecule has 0 radical (unpaired) electrons. The molecule has 0 aliphatic heterocycles. The van der Waals surface area contributed by atoms with Crippen molar-refractivity contribution in [2.24, 2.45) is 5.73 Å². The molecule has 0 spiro atoms. The molecule has 82 valence electrons. The Balaban J connectivity index is 2.38. The van der Waals surface area contributed by atoms with Gasteiger partial charge < -0.3 is 5.73 Å². The molecule has 1 saturated carbocycles. The molecule has 0 heterocycles. The average molecular weight is 244 g/mol. The van der Waals surface area contributed by atoms with Gasteiger partial charge in [0.1, 0.15) is 0 Å². The predicted octanol–water partition coefficient (Wildman–Crippen LogP) is 3.76. The lowest BCUT2D eigenvalue weighted by Gasteiger charge is -2.43. The van der Waals surface area contributed by atoms with Gasteiger partial charge in [0.25, 0.3) is 0 Å². The summed E-state index contributed by atoms with van der Waals surface area (Å²) in [6.45, 7) is 0.711. The Bertz CT molecular complexity index is 359. The SMILES string of the molecule is NCCC1(c2cccc(Cl)c2Cl)CCC1. The molecule has 1 aromatic carbocycles. The van der Waals surface area contributed by atoms with Crippen LogP contribution in [-0.4, -0.2) is 6.54 Å². The summed E-state index contributed by atoms with van der Waals surface area (Å²) >= 11 is 12.3. The van der Waals surface area contributed by atoms with Gasteiger partial charge in [0.2, 0.25) is 0 Å². The van der Waals surface area contributed by atoms with E-state index in [9.17, 15) is 0 Å². The van der Waals surface area contributed by atoms with Crippen LogP contribution < -0.4 is 5.73 Å². The number of benzene rings is 1. The Kier molecular flexibility index (Phi) is 3.24. The largest absolute Gasteiger partial charge is 0.330 e. The summed E-state index contributed by atoms with van der Waals surface area (Å²) in [5.74, 6) is 0. The molecule has 3 heteroatoms. The highest BCUT2D eigenvalue weighted by Gasteiger charge is 2.39. The number of halogens is 2. The van der Waals surface area contributed by atoms with E-state index in [1.54, 1.807) is 0 Å². The number of hydrogen-bond donors (Lipinski definition) is 1. The summed E-state index contributed by atoms with van der Waals surface area (Å²) in [7, 11) is 0. The average Bonchev–Trinajstić information content (AvgIpc) is 2.17. The van der Waals surface area contributed by atoms with Crippen LogP contribution in [-0.2, 0) is 5.41 Å². The third-order valence-electron chi connectivity index (χ3n) is 3.46.